The van der Waals surface area contributed by atoms with Crippen molar-refractivity contribution in [2.45, 2.75) is 32.4 Å². The van der Waals surface area contributed by atoms with Crippen LogP contribution in [-0.2, 0) is 11.3 Å². The van der Waals surface area contributed by atoms with E-state index in [0.29, 0.717) is 12.6 Å². The zero-order valence-electron chi connectivity index (χ0n) is 11.5. The second-order valence-corrected chi connectivity index (χ2v) is 5.77. The molecule has 1 saturated heterocycles. The minimum atomic E-state index is 0.142. The van der Waals surface area contributed by atoms with Gasteiger partial charge in [-0.05, 0) is 37.9 Å². The molecule has 104 valence electrons. The fourth-order valence-corrected chi connectivity index (χ4v) is 2.82. The van der Waals surface area contributed by atoms with Gasteiger partial charge in [-0.25, -0.2) is 0 Å². The van der Waals surface area contributed by atoms with Crippen molar-refractivity contribution < 1.29 is 4.79 Å². The van der Waals surface area contributed by atoms with E-state index in [1.165, 1.54) is 0 Å². The van der Waals surface area contributed by atoms with E-state index in [4.69, 9.17) is 11.6 Å². The van der Waals surface area contributed by atoms with Crippen LogP contribution in [-0.4, -0.2) is 30.4 Å². The Morgan fingerprint density at radius 1 is 1.47 bits per heavy atom. The molecule has 1 amide bonds. The smallest absolute Gasteiger partial charge is 0.225 e. The molecule has 0 aliphatic carbocycles. The van der Waals surface area contributed by atoms with Gasteiger partial charge >= 0.3 is 0 Å². The number of piperidine rings is 1. The van der Waals surface area contributed by atoms with Crippen molar-refractivity contribution in [2.75, 3.05) is 13.6 Å². The Kier molecular flexibility index (Phi) is 4.83. The fraction of sp³-hybridized carbons (Fsp3) is 0.533. The molecule has 1 heterocycles. The molecule has 1 N–H and O–H groups in total. The summed E-state index contributed by atoms with van der Waals surface area (Å²) in [6.07, 6.45) is 1.85. The molecule has 0 radical (unpaired) electrons. The lowest BCUT2D eigenvalue weighted by molar-refractivity contribution is -0.135. The van der Waals surface area contributed by atoms with E-state index in [0.717, 1.165) is 30.0 Å². The third kappa shape index (κ3) is 3.71. The normalized spacial score (nSPS) is 23.1. The molecule has 2 rings (SSSR count). The maximum Gasteiger partial charge on any atom is 0.225 e. The fourth-order valence-electron chi connectivity index (χ4n) is 2.63. The van der Waals surface area contributed by atoms with E-state index < -0.39 is 0 Å². The second kappa shape index (κ2) is 6.40. The van der Waals surface area contributed by atoms with Gasteiger partial charge in [-0.1, -0.05) is 29.8 Å². The van der Waals surface area contributed by atoms with Crippen LogP contribution in [0.25, 0.3) is 0 Å². The number of hydrogen-bond donors (Lipinski definition) is 1. The first kappa shape index (κ1) is 14.4. The molecule has 0 aromatic heterocycles. The van der Waals surface area contributed by atoms with Crippen molar-refractivity contribution in [1.82, 2.24) is 10.2 Å². The lowest BCUT2D eigenvalue weighted by Gasteiger charge is -2.30. The first-order chi connectivity index (χ1) is 9.08. The summed E-state index contributed by atoms with van der Waals surface area (Å²) in [5.74, 6) is 0.372. The van der Waals surface area contributed by atoms with E-state index in [1.54, 1.807) is 4.90 Å². The maximum atomic E-state index is 12.4. The minimum Gasteiger partial charge on any atom is -0.341 e. The highest BCUT2D eigenvalue weighted by Gasteiger charge is 2.27. The van der Waals surface area contributed by atoms with E-state index in [9.17, 15) is 4.79 Å². The number of rotatable bonds is 3. The molecular formula is C15H21ClN2O. The molecule has 0 unspecified atom stereocenters. The highest BCUT2D eigenvalue weighted by Crippen LogP contribution is 2.21. The van der Waals surface area contributed by atoms with Gasteiger partial charge in [0.05, 0.1) is 0 Å². The summed E-state index contributed by atoms with van der Waals surface area (Å²) in [4.78, 5) is 14.2. The van der Waals surface area contributed by atoms with Crippen LogP contribution in [0.5, 0.6) is 0 Å². The Hall–Kier alpha value is -1.06. The third-order valence-corrected chi connectivity index (χ3v) is 4.08. The number of carbonyl (C=O) groups excluding carboxylic acids is 1. The maximum absolute atomic E-state index is 12.4. The van der Waals surface area contributed by atoms with E-state index >= 15 is 0 Å². The summed E-state index contributed by atoms with van der Waals surface area (Å²) in [5.41, 5.74) is 1.00. The lowest BCUT2D eigenvalue weighted by Crippen LogP contribution is -2.42. The first-order valence-corrected chi connectivity index (χ1v) is 7.17. The summed E-state index contributed by atoms with van der Waals surface area (Å²) >= 11 is 6.13. The van der Waals surface area contributed by atoms with Gasteiger partial charge in [-0.15, -0.1) is 0 Å². The standard InChI is InChI=1S/C15H21ClN2O/c1-11-9-12(7-8-17-11)15(19)18(2)10-13-5-3-4-6-14(13)16/h3-6,11-12,17H,7-10H2,1-2H3/t11-,12-/m0/s1. The van der Waals surface area contributed by atoms with Crippen LogP contribution in [0.3, 0.4) is 0 Å². The largest absolute Gasteiger partial charge is 0.341 e. The zero-order valence-corrected chi connectivity index (χ0v) is 12.3. The summed E-state index contributed by atoms with van der Waals surface area (Å²) in [7, 11) is 1.86. The van der Waals surface area contributed by atoms with Crippen molar-refractivity contribution in [3.63, 3.8) is 0 Å². The highest BCUT2D eigenvalue weighted by atomic mass is 35.5. The van der Waals surface area contributed by atoms with Gasteiger partial charge in [0.2, 0.25) is 5.91 Å². The van der Waals surface area contributed by atoms with Crippen molar-refractivity contribution in [3.05, 3.63) is 34.9 Å². The quantitative estimate of drug-likeness (QED) is 0.923. The molecule has 0 spiro atoms. The number of nitrogens with zero attached hydrogens (tertiary/aromatic N) is 1. The predicted molar refractivity (Wildman–Crippen MR) is 78.1 cm³/mol. The van der Waals surface area contributed by atoms with Gasteiger partial charge in [0.25, 0.3) is 0 Å². The molecule has 1 aromatic rings. The monoisotopic (exact) mass is 280 g/mol. The van der Waals surface area contributed by atoms with Gasteiger partial charge < -0.3 is 10.2 Å². The summed E-state index contributed by atoms with van der Waals surface area (Å²) in [6.45, 7) is 3.64. The molecule has 1 aliphatic heterocycles. The lowest BCUT2D eigenvalue weighted by atomic mass is 9.92. The van der Waals surface area contributed by atoms with Crippen LogP contribution in [0, 0.1) is 5.92 Å². The van der Waals surface area contributed by atoms with Gasteiger partial charge in [-0.3, -0.25) is 4.79 Å². The SMILES string of the molecule is C[C@H]1C[C@@H](C(=O)N(C)Cc2ccccc2Cl)CCN1. The van der Waals surface area contributed by atoms with Crippen LogP contribution < -0.4 is 5.32 Å². The molecule has 1 aromatic carbocycles. The predicted octanol–water partition coefficient (Wildman–Crippen LogP) is 2.69. The molecule has 0 bridgehead atoms. The van der Waals surface area contributed by atoms with Gasteiger partial charge in [0.15, 0.2) is 0 Å². The number of carbonyl (C=O) groups is 1. The van der Waals surface area contributed by atoms with Gasteiger partial charge in [-0.2, -0.15) is 0 Å². The van der Waals surface area contributed by atoms with Gasteiger partial charge in [0.1, 0.15) is 0 Å². The average Bonchev–Trinajstić information content (AvgIpc) is 2.40. The third-order valence-electron chi connectivity index (χ3n) is 3.71. The van der Waals surface area contributed by atoms with Crippen LogP contribution in [0.2, 0.25) is 5.02 Å². The summed E-state index contributed by atoms with van der Waals surface area (Å²) in [5, 5.41) is 4.10. The number of hydrogen-bond acceptors (Lipinski definition) is 2. The molecule has 19 heavy (non-hydrogen) atoms. The number of benzene rings is 1. The Labute approximate surface area is 119 Å². The average molecular weight is 281 g/mol. The second-order valence-electron chi connectivity index (χ2n) is 5.36. The number of halogens is 1. The van der Waals surface area contributed by atoms with E-state index in [2.05, 4.69) is 12.2 Å². The van der Waals surface area contributed by atoms with Crippen molar-refractivity contribution >= 4 is 17.5 Å². The van der Waals surface area contributed by atoms with Crippen LogP contribution in [0.4, 0.5) is 0 Å². The molecule has 4 heteroatoms. The topological polar surface area (TPSA) is 32.3 Å². The Morgan fingerprint density at radius 3 is 2.89 bits per heavy atom. The Bertz CT molecular complexity index is 450. The Morgan fingerprint density at radius 2 is 2.21 bits per heavy atom. The summed E-state index contributed by atoms with van der Waals surface area (Å²) in [6, 6.07) is 8.11. The molecule has 1 fully saturated rings. The zero-order chi connectivity index (χ0) is 13.8. The first-order valence-electron chi connectivity index (χ1n) is 6.79. The minimum absolute atomic E-state index is 0.142. The van der Waals surface area contributed by atoms with Crippen molar-refractivity contribution in [2.24, 2.45) is 5.92 Å². The molecular weight excluding hydrogens is 260 g/mol. The van der Waals surface area contributed by atoms with Gasteiger partial charge in [0, 0.05) is 30.6 Å². The molecule has 0 saturated carbocycles. The molecule has 2 atom stereocenters. The number of nitrogens with one attached hydrogen (secondary N) is 1. The highest BCUT2D eigenvalue weighted by molar-refractivity contribution is 6.31. The number of amides is 1. The van der Waals surface area contributed by atoms with E-state index in [1.807, 2.05) is 31.3 Å². The summed E-state index contributed by atoms with van der Waals surface area (Å²) < 4.78 is 0. The van der Waals surface area contributed by atoms with Crippen molar-refractivity contribution in [3.8, 4) is 0 Å². The molecule has 3 nitrogen and oxygen atoms in total. The van der Waals surface area contributed by atoms with Crippen LogP contribution in [0.15, 0.2) is 24.3 Å². The van der Waals surface area contributed by atoms with Crippen molar-refractivity contribution in [1.29, 1.82) is 0 Å². The molecule has 1 aliphatic rings. The van der Waals surface area contributed by atoms with Crippen LogP contribution >= 0.6 is 11.6 Å². The van der Waals surface area contributed by atoms with E-state index in [-0.39, 0.29) is 11.8 Å². The Balaban J connectivity index is 1.97. The van der Waals surface area contributed by atoms with Crippen LogP contribution in [0.1, 0.15) is 25.3 Å².